The minimum absolute atomic E-state index is 0.218. The molecule has 0 saturated carbocycles. The largest absolute Gasteiger partial charge is 0.490 e. The first-order chi connectivity index (χ1) is 16.0. The average Bonchev–Trinajstić information content (AvgIpc) is 2.83. The third-order valence-corrected chi connectivity index (χ3v) is 4.36. The molecule has 0 bridgehead atoms. The highest BCUT2D eigenvalue weighted by Crippen LogP contribution is 2.29. The molecule has 3 N–H and O–H groups in total. The molecule has 3 rings (SSSR count). The van der Waals surface area contributed by atoms with Crippen molar-refractivity contribution in [2.75, 3.05) is 13.2 Å². The van der Waals surface area contributed by atoms with Gasteiger partial charge >= 0.3 is 0 Å². The fraction of sp³-hybridized carbons (Fsp3) is 0.160. The number of primary amides is 1. The lowest BCUT2D eigenvalue weighted by Crippen LogP contribution is -2.20. The van der Waals surface area contributed by atoms with Crippen molar-refractivity contribution in [2.45, 2.75) is 13.5 Å². The van der Waals surface area contributed by atoms with Gasteiger partial charge in [-0.2, -0.15) is 5.10 Å². The first-order valence-electron chi connectivity index (χ1n) is 10.3. The summed E-state index contributed by atoms with van der Waals surface area (Å²) >= 11 is 0. The summed E-state index contributed by atoms with van der Waals surface area (Å²) in [6.45, 7) is 2.46. The minimum Gasteiger partial charge on any atom is -0.490 e. The van der Waals surface area contributed by atoms with Crippen LogP contribution in [0.25, 0.3) is 0 Å². The zero-order valence-electron chi connectivity index (χ0n) is 18.2. The molecule has 2 amide bonds. The summed E-state index contributed by atoms with van der Waals surface area (Å²) in [5, 5.41) is 3.98. The van der Waals surface area contributed by atoms with E-state index in [0.717, 1.165) is 5.56 Å². The molecule has 8 nitrogen and oxygen atoms in total. The second kappa shape index (κ2) is 11.9. The van der Waals surface area contributed by atoms with Gasteiger partial charge in [-0.25, -0.2) is 5.43 Å². The molecule has 0 unspecified atom stereocenters. The Balaban J connectivity index is 1.62. The number of hydrogen-bond donors (Lipinski definition) is 2. The molecule has 0 spiro atoms. The summed E-state index contributed by atoms with van der Waals surface area (Å²) in [6, 6.07) is 21.6. The molecule has 3 aromatic rings. The molecule has 0 heterocycles. The lowest BCUT2D eigenvalue weighted by Gasteiger charge is -2.13. The summed E-state index contributed by atoms with van der Waals surface area (Å²) < 4.78 is 16.8. The number of nitrogens with one attached hydrogen (secondary N) is 1. The van der Waals surface area contributed by atoms with Crippen LogP contribution in [0, 0.1) is 0 Å². The van der Waals surface area contributed by atoms with Crippen LogP contribution in [0.5, 0.6) is 17.2 Å². The average molecular weight is 447 g/mol. The van der Waals surface area contributed by atoms with E-state index < -0.39 is 11.8 Å². The maximum atomic E-state index is 12.5. The third-order valence-electron chi connectivity index (χ3n) is 4.36. The Morgan fingerprint density at radius 1 is 0.939 bits per heavy atom. The van der Waals surface area contributed by atoms with Crippen molar-refractivity contribution in [3.8, 4) is 17.2 Å². The molecule has 0 saturated heterocycles. The number of benzene rings is 3. The second-order valence-corrected chi connectivity index (χ2v) is 6.90. The van der Waals surface area contributed by atoms with Crippen molar-refractivity contribution in [1.29, 1.82) is 0 Å². The van der Waals surface area contributed by atoms with E-state index in [1.165, 1.54) is 6.21 Å². The molecule has 0 aliphatic heterocycles. The summed E-state index contributed by atoms with van der Waals surface area (Å²) in [7, 11) is 0. The van der Waals surface area contributed by atoms with E-state index in [9.17, 15) is 9.59 Å². The number of rotatable bonds is 11. The first-order valence-corrected chi connectivity index (χ1v) is 10.3. The van der Waals surface area contributed by atoms with Crippen LogP contribution in [0.1, 0.15) is 28.4 Å². The van der Waals surface area contributed by atoms with Crippen molar-refractivity contribution >= 4 is 18.0 Å². The van der Waals surface area contributed by atoms with Gasteiger partial charge in [0.1, 0.15) is 12.4 Å². The molecule has 3 aromatic carbocycles. The summed E-state index contributed by atoms with van der Waals surface area (Å²) in [5.74, 6) is 0.529. The van der Waals surface area contributed by atoms with Crippen LogP contribution >= 0.6 is 0 Å². The van der Waals surface area contributed by atoms with E-state index in [-0.39, 0.29) is 6.61 Å². The van der Waals surface area contributed by atoms with Crippen molar-refractivity contribution in [2.24, 2.45) is 10.8 Å². The number of carbonyl (C=O) groups excluding carboxylic acids is 2. The van der Waals surface area contributed by atoms with E-state index in [4.69, 9.17) is 19.9 Å². The van der Waals surface area contributed by atoms with Gasteiger partial charge in [0.25, 0.3) is 11.8 Å². The minimum atomic E-state index is -0.566. The highest BCUT2D eigenvalue weighted by atomic mass is 16.5. The molecule has 0 aromatic heterocycles. The molecule has 0 atom stereocenters. The van der Waals surface area contributed by atoms with E-state index in [2.05, 4.69) is 10.5 Å². The van der Waals surface area contributed by atoms with Crippen LogP contribution < -0.4 is 25.4 Å². The first kappa shape index (κ1) is 23.3. The van der Waals surface area contributed by atoms with Gasteiger partial charge in [0.15, 0.2) is 18.1 Å². The molecule has 8 heteroatoms. The maximum absolute atomic E-state index is 12.5. The Bertz CT molecular complexity index is 1120. The lowest BCUT2D eigenvalue weighted by molar-refractivity contribution is -0.119. The molecular formula is C25H25N3O5. The van der Waals surface area contributed by atoms with Gasteiger partial charge in [0.05, 0.1) is 12.8 Å². The second-order valence-electron chi connectivity index (χ2n) is 6.90. The Morgan fingerprint density at radius 3 is 2.52 bits per heavy atom. The zero-order chi connectivity index (χ0) is 23.5. The summed E-state index contributed by atoms with van der Waals surface area (Å²) in [5.41, 5.74) is 9.64. The fourth-order valence-electron chi connectivity index (χ4n) is 2.84. The van der Waals surface area contributed by atoms with Crippen molar-refractivity contribution in [1.82, 2.24) is 5.43 Å². The fourth-order valence-corrected chi connectivity index (χ4v) is 2.84. The van der Waals surface area contributed by atoms with Crippen LogP contribution in [0.3, 0.4) is 0 Å². The van der Waals surface area contributed by atoms with Crippen LogP contribution in [0.4, 0.5) is 0 Å². The van der Waals surface area contributed by atoms with Crippen molar-refractivity contribution in [3.05, 3.63) is 89.5 Å². The van der Waals surface area contributed by atoms with E-state index >= 15 is 0 Å². The van der Waals surface area contributed by atoms with Gasteiger partial charge in [-0.05, 0) is 48.4 Å². The topological polar surface area (TPSA) is 112 Å². The molecular weight excluding hydrogens is 422 g/mol. The number of hydrogen-bond acceptors (Lipinski definition) is 6. The predicted octanol–water partition coefficient (Wildman–Crippen LogP) is 3.29. The van der Waals surface area contributed by atoms with E-state index in [0.29, 0.717) is 41.6 Å². The molecule has 0 aliphatic carbocycles. The number of amides is 2. The standard InChI is InChI=1S/C25H25N3O5/c1-2-31-23-14-20(11-12-22(23)33-16-18-7-4-3-5-8-18)25(30)28-27-15-19-9-6-10-21(13-19)32-17-24(26)29/h3-15H,2,16-17H2,1H3,(H2,26,29)(H,28,30)/b27-15+. The zero-order valence-corrected chi connectivity index (χ0v) is 18.2. The Hall–Kier alpha value is -4.33. The molecule has 0 radical (unpaired) electrons. The van der Waals surface area contributed by atoms with Crippen molar-refractivity contribution < 1.29 is 23.8 Å². The highest BCUT2D eigenvalue weighted by molar-refractivity contribution is 5.95. The lowest BCUT2D eigenvalue weighted by atomic mass is 10.2. The summed E-state index contributed by atoms with van der Waals surface area (Å²) in [6.07, 6.45) is 1.47. The van der Waals surface area contributed by atoms with Gasteiger partial charge in [0, 0.05) is 5.56 Å². The van der Waals surface area contributed by atoms with Crippen LogP contribution in [-0.4, -0.2) is 31.2 Å². The van der Waals surface area contributed by atoms with Gasteiger partial charge in [0.2, 0.25) is 0 Å². The monoisotopic (exact) mass is 447 g/mol. The molecule has 0 aliphatic rings. The smallest absolute Gasteiger partial charge is 0.271 e. The number of ether oxygens (including phenoxy) is 3. The molecule has 33 heavy (non-hydrogen) atoms. The maximum Gasteiger partial charge on any atom is 0.271 e. The van der Waals surface area contributed by atoms with Gasteiger partial charge in [-0.3, -0.25) is 9.59 Å². The van der Waals surface area contributed by atoms with Crippen LogP contribution in [-0.2, 0) is 11.4 Å². The number of nitrogens with two attached hydrogens (primary N) is 1. The van der Waals surface area contributed by atoms with Crippen LogP contribution in [0.2, 0.25) is 0 Å². The van der Waals surface area contributed by atoms with E-state index in [1.54, 1.807) is 42.5 Å². The summed E-state index contributed by atoms with van der Waals surface area (Å²) in [4.78, 5) is 23.4. The Kier molecular flexibility index (Phi) is 8.41. The van der Waals surface area contributed by atoms with Crippen molar-refractivity contribution in [3.63, 3.8) is 0 Å². The number of carbonyl (C=O) groups is 2. The quantitative estimate of drug-likeness (QED) is 0.346. The predicted molar refractivity (Wildman–Crippen MR) is 125 cm³/mol. The third kappa shape index (κ3) is 7.39. The number of hydrazone groups is 1. The SMILES string of the molecule is CCOc1cc(C(=O)N/N=C/c2cccc(OCC(N)=O)c2)ccc1OCc1ccccc1. The molecule has 0 fully saturated rings. The number of nitrogens with zero attached hydrogens (tertiary/aromatic N) is 1. The Labute approximate surface area is 192 Å². The normalized spacial score (nSPS) is 10.6. The highest BCUT2D eigenvalue weighted by Gasteiger charge is 2.11. The molecule has 170 valence electrons. The van der Waals surface area contributed by atoms with Gasteiger partial charge in [-0.15, -0.1) is 0 Å². The van der Waals surface area contributed by atoms with Gasteiger partial charge < -0.3 is 19.9 Å². The van der Waals surface area contributed by atoms with Crippen LogP contribution in [0.15, 0.2) is 77.9 Å². The van der Waals surface area contributed by atoms with Gasteiger partial charge in [-0.1, -0.05) is 42.5 Å². The Morgan fingerprint density at radius 2 is 1.76 bits per heavy atom. The van der Waals surface area contributed by atoms with E-state index in [1.807, 2.05) is 37.3 Å².